The quantitative estimate of drug-likeness (QED) is 0.432. The number of hydrogen-bond acceptors (Lipinski definition) is 7. The van der Waals surface area contributed by atoms with E-state index in [-0.39, 0.29) is 11.2 Å². The SMILES string of the molecule is C=O.CC(C)(C)C=O.CNc1cn2nc(-c3c(-c4ccc(F)cc4)nc4n3CCN(C)C4)ccc2n1. The number of anilines is 1. The lowest BCUT2D eigenvalue weighted by Crippen LogP contribution is -2.30. The lowest BCUT2D eigenvalue weighted by molar-refractivity contribution is -0.113. The van der Waals surface area contributed by atoms with Crippen LogP contribution < -0.4 is 5.32 Å². The first-order valence-electron chi connectivity index (χ1n) is 11.5. The Morgan fingerprint density at radius 2 is 1.72 bits per heavy atom. The molecule has 5 rings (SSSR count). The van der Waals surface area contributed by atoms with Crippen LogP contribution in [0.15, 0.2) is 42.6 Å². The van der Waals surface area contributed by atoms with Crippen molar-refractivity contribution in [1.82, 2.24) is 29.0 Å². The summed E-state index contributed by atoms with van der Waals surface area (Å²) >= 11 is 0. The van der Waals surface area contributed by atoms with Crippen molar-refractivity contribution in [2.24, 2.45) is 5.41 Å². The van der Waals surface area contributed by atoms with Crippen molar-refractivity contribution in [2.45, 2.75) is 33.9 Å². The number of halogens is 1. The van der Waals surface area contributed by atoms with E-state index in [9.17, 15) is 9.18 Å². The second-order valence-electron chi connectivity index (χ2n) is 9.50. The van der Waals surface area contributed by atoms with Crippen molar-refractivity contribution in [1.29, 1.82) is 0 Å². The average molecular weight is 494 g/mol. The van der Waals surface area contributed by atoms with E-state index in [1.807, 2.05) is 52.9 Å². The molecule has 0 saturated carbocycles. The van der Waals surface area contributed by atoms with Gasteiger partial charge >= 0.3 is 0 Å². The average Bonchev–Trinajstić information content (AvgIpc) is 3.46. The van der Waals surface area contributed by atoms with Gasteiger partial charge in [-0.2, -0.15) is 5.10 Å². The monoisotopic (exact) mass is 493 g/mol. The molecule has 0 atom stereocenters. The summed E-state index contributed by atoms with van der Waals surface area (Å²) in [4.78, 5) is 29.4. The van der Waals surface area contributed by atoms with Crippen molar-refractivity contribution >= 4 is 24.5 Å². The van der Waals surface area contributed by atoms with Gasteiger partial charge < -0.3 is 19.5 Å². The topological polar surface area (TPSA) is 97.4 Å². The third-order valence-electron chi connectivity index (χ3n) is 5.45. The number of likely N-dealkylation sites (N-methyl/N-ethyl adjacent to an activating group) is 1. The van der Waals surface area contributed by atoms with Crippen molar-refractivity contribution in [3.8, 4) is 22.6 Å². The van der Waals surface area contributed by atoms with Gasteiger partial charge in [0.25, 0.3) is 0 Å². The highest BCUT2D eigenvalue weighted by Gasteiger charge is 2.25. The summed E-state index contributed by atoms with van der Waals surface area (Å²) in [6, 6.07) is 10.4. The Kier molecular flexibility index (Phi) is 8.31. The Bertz CT molecular complexity index is 1320. The number of rotatable bonds is 3. The number of nitrogens with zero attached hydrogens (tertiary/aromatic N) is 6. The fourth-order valence-corrected chi connectivity index (χ4v) is 3.65. The van der Waals surface area contributed by atoms with E-state index in [1.54, 1.807) is 16.6 Å². The predicted octanol–water partition coefficient (Wildman–Crippen LogP) is 3.93. The number of hydrogen-bond donors (Lipinski definition) is 1. The van der Waals surface area contributed by atoms with Crippen LogP contribution in [0.1, 0.15) is 26.6 Å². The maximum atomic E-state index is 13.5. The Balaban J connectivity index is 0.000000399. The van der Waals surface area contributed by atoms with Gasteiger partial charge in [-0.05, 0) is 43.4 Å². The Hall–Kier alpha value is -3.92. The van der Waals surface area contributed by atoms with Crippen molar-refractivity contribution in [3.63, 3.8) is 0 Å². The van der Waals surface area contributed by atoms with E-state index in [1.165, 1.54) is 12.1 Å². The largest absolute Gasteiger partial charge is 0.372 e. The molecule has 0 saturated heterocycles. The lowest BCUT2D eigenvalue weighted by atomic mass is 10.0. The summed E-state index contributed by atoms with van der Waals surface area (Å²) in [6.45, 7) is 10.2. The Labute approximate surface area is 210 Å². The van der Waals surface area contributed by atoms with Gasteiger partial charge in [0, 0.05) is 31.1 Å². The lowest BCUT2D eigenvalue weighted by Gasteiger charge is -2.24. The van der Waals surface area contributed by atoms with E-state index in [2.05, 4.69) is 26.8 Å². The van der Waals surface area contributed by atoms with Gasteiger partial charge in [0.05, 0.1) is 24.1 Å². The zero-order valence-electron chi connectivity index (χ0n) is 21.3. The molecule has 1 aliphatic rings. The molecule has 0 fully saturated rings. The standard InChI is InChI=1S/C20H20FN7.C5H10O.CH2O/c1-22-16-11-28-17(23-16)8-7-15(25-28)20-19(13-3-5-14(21)6-4-13)24-18-12-26(2)9-10-27(18)20;1-5(2,3)4-6;1-2/h3-8,11,22H,9-10,12H2,1-2H3;4H,1-3H3;1H2. The highest BCUT2D eigenvalue weighted by atomic mass is 19.1. The van der Waals surface area contributed by atoms with E-state index < -0.39 is 0 Å². The summed E-state index contributed by atoms with van der Waals surface area (Å²) in [7, 11) is 3.92. The predicted molar refractivity (Wildman–Crippen MR) is 138 cm³/mol. The summed E-state index contributed by atoms with van der Waals surface area (Å²) in [5.41, 5.74) is 4.11. The van der Waals surface area contributed by atoms with Crippen LogP contribution in [0.3, 0.4) is 0 Å². The molecule has 4 aromatic rings. The molecule has 0 bridgehead atoms. The highest BCUT2D eigenvalue weighted by molar-refractivity contribution is 5.77. The molecule has 36 heavy (non-hydrogen) atoms. The van der Waals surface area contributed by atoms with Crippen molar-refractivity contribution in [3.05, 3.63) is 54.2 Å². The van der Waals surface area contributed by atoms with Gasteiger partial charge in [0.15, 0.2) is 5.65 Å². The van der Waals surface area contributed by atoms with Crippen LogP contribution in [0.25, 0.3) is 28.3 Å². The van der Waals surface area contributed by atoms with Crippen LogP contribution in [0.2, 0.25) is 0 Å². The van der Waals surface area contributed by atoms with Gasteiger partial charge in [0.1, 0.15) is 36.2 Å². The van der Waals surface area contributed by atoms with Crippen LogP contribution >= 0.6 is 0 Å². The van der Waals surface area contributed by atoms with Crippen LogP contribution in [0.4, 0.5) is 10.2 Å². The third-order valence-corrected chi connectivity index (χ3v) is 5.45. The van der Waals surface area contributed by atoms with Crippen LogP contribution in [0, 0.1) is 11.2 Å². The molecule has 10 heteroatoms. The molecule has 190 valence electrons. The normalized spacial score (nSPS) is 13.2. The fourth-order valence-electron chi connectivity index (χ4n) is 3.65. The molecular weight excluding hydrogens is 461 g/mol. The molecular formula is C26H32FN7O2. The van der Waals surface area contributed by atoms with Gasteiger partial charge in [-0.1, -0.05) is 20.8 Å². The van der Waals surface area contributed by atoms with E-state index in [4.69, 9.17) is 14.9 Å². The Morgan fingerprint density at radius 3 is 2.33 bits per heavy atom. The summed E-state index contributed by atoms with van der Waals surface area (Å²) in [5, 5.41) is 7.82. The second kappa shape index (κ2) is 11.2. The minimum absolute atomic E-state index is 0.139. The van der Waals surface area contributed by atoms with Gasteiger partial charge in [-0.3, -0.25) is 4.90 Å². The second-order valence-corrected chi connectivity index (χ2v) is 9.50. The first-order chi connectivity index (χ1) is 17.2. The molecule has 3 aromatic heterocycles. The van der Waals surface area contributed by atoms with Crippen molar-refractivity contribution < 1.29 is 14.0 Å². The number of benzene rings is 1. The smallest absolute Gasteiger partial charge is 0.156 e. The Morgan fingerprint density at radius 1 is 1.06 bits per heavy atom. The van der Waals surface area contributed by atoms with Crippen LogP contribution in [-0.2, 0) is 22.7 Å². The number of nitrogens with one attached hydrogen (secondary N) is 1. The molecule has 0 aliphatic carbocycles. The molecule has 0 spiro atoms. The summed E-state index contributed by atoms with van der Waals surface area (Å²) < 4.78 is 17.4. The molecule has 4 heterocycles. The zero-order valence-corrected chi connectivity index (χ0v) is 21.3. The minimum atomic E-state index is -0.258. The highest BCUT2D eigenvalue weighted by Crippen LogP contribution is 2.33. The minimum Gasteiger partial charge on any atom is -0.372 e. The van der Waals surface area contributed by atoms with Crippen molar-refractivity contribution in [2.75, 3.05) is 26.0 Å². The van der Waals surface area contributed by atoms with Gasteiger partial charge in [-0.15, -0.1) is 0 Å². The van der Waals surface area contributed by atoms with E-state index in [0.717, 1.165) is 65.9 Å². The van der Waals surface area contributed by atoms with Gasteiger partial charge in [-0.25, -0.2) is 18.9 Å². The number of fused-ring (bicyclic) bond motifs is 2. The molecule has 0 amide bonds. The molecule has 9 nitrogen and oxygen atoms in total. The van der Waals surface area contributed by atoms with Gasteiger partial charge in [0.2, 0.25) is 0 Å². The molecule has 1 aromatic carbocycles. The zero-order chi connectivity index (χ0) is 26.5. The number of carbonyl (C=O) groups excluding carboxylic acids is 2. The maximum Gasteiger partial charge on any atom is 0.156 e. The number of imidazole rings is 2. The summed E-state index contributed by atoms with van der Waals surface area (Å²) in [5.74, 6) is 1.50. The molecule has 0 unspecified atom stereocenters. The molecule has 0 radical (unpaired) electrons. The first kappa shape index (κ1) is 26.7. The number of aldehydes is 1. The first-order valence-corrected chi connectivity index (χ1v) is 11.5. The number of carbonyl (C=O) groups is 2. The van der Waals surface area contributed by atoms with Crippen LogP contribution in [-0.4, -0.2) is 62.8 Å². The third kappa shape index (κ3) is 6.01. The fraction of sp³-hybridized carbons (Fsp3) is 0.346. The number of aromatic nitrogens is 5. The molecule has 1 aliphatic heterocycles. The molecule has 1 N–H and O–H groups in total. The maximum absolute atomic E-state index is 13.5. The van der Waals surface area contributed by atoms with Crippen LogP contribution in [0.5, 0.6) is 0 Å². The van der Waals surface area contributed by atoms with E-state index >= 15 is 0 Å². The van der Waals surface area contributed by atoms with E-state index in [0.29, 0.717) is 0 Å². The summed E-state index contributed by atoms with van der Waals surface area (Å²) in [6.07, 6.45) is 2.80.